The number of aliphatic imine (C=N–C) groups is 1. The van der Waals surface area contributed by atoms with Crippen LogP contribution in [0, 0.1) is 5.82 Å². The van der Waals surface area contributed by atoms with Gasteiger partial charge in [-0.05, 0) is 48.7 Å². The van der Waals surface area contributed by atoms with E-state index in [1.165, 1.54) is 4.90 Å². The fraction of sp³-hybridized carbons (Fsp3) is 0.364. The molecule has 0 radical (unpaired) electrons. The van der Waals surface area contributed by atoms with Gasteiger partial charge in [0.1, 0.15) is 5.82 Å². The smallest absolute Gasteiger partial charge is 0.357 e. The summed E-state index contributed by atoms with van der Waals surface area (Å²) >= 11 is 0. The van der Waals surface area contributed by atoms with Crippen LogP contribution in [-0.2, 0) is 19.1 Å². The Morgan fingerprint density at radius 3 is 2.48 bits per heavy atom. The van der Waals surface area contributed by atoms with Crippen LogP contribution in [0.5, 0.6) is 0 Å². The summed E-state index contributed by atoms with van der Waals surface area (Å²) in [6.07, 6.45) is -4.07. The van der Waals surface area contributed by atoms with Crippen LogP contribution in [0.3, 0.4) is 0 Å². The van der Waals surface area contributed by atoms with Crippen LogP contribution in [0.15, 0.2) is 47.5 Å². The van der Waals surface area contributed by atoms with Crippen molar-refractivity contribution in [1.82, 2.24) is 15.5 Å². The van der Waals surface area contributed by atoms with Crippen LogP contribution < -0.4 is 10.6 Å². The summed E-state index contributed by atoms with van der Waals surface area (Å²) in [6, 6.07) is 9.81. The number of nitrogens with one attached hydrogen (secondary N) is 2. The normalized spacial score (nSPS) is 11.9. The van der Waals surface area contributed by atoms with Crippen LogP contribution in [0.2, 0.25) is 0 Å². The second kappa shape index (κ2) is 10.8. The second-order valence-electron chi connectivity index (χ2n) is 7.07. The molecule has 168 valence electrons. The molecule has 0 bridgehead atoms. The van der Waals surface area contributed by atoms with Crippen LogP contribution in [0.25, 0.3) is 0 Å². The fourth-order valence-corrected chi connectivity index (χ4v) is 2.90. The third-order valence-electron chi connectivity index (χ3n) is 4.42. The summed E-state index contributed by atoms with van der Waals surface area (Å²) in [4.78, 5) is 17.8. The zero-order valence-electron chi connectivity index (χ0n) is 17.7. The Labute approximate surface area is 179 Å². The van der Waals surface area contributed by atoms with Crippen LogP contribution in [0.4, 0.5) is 17.6 Å². The third kappa shape index (κ3) is 7.27. The minimum Gasteiger partial charge on any atom is -0.357 e. The first-order valence-electron chi connectivity index (χ1n) is 9.80. The molecule has 5 nitrogen and oxygen atoms in total. The molecule has 0 unspecified atom stereocenters. The van der Waals surface area contributed by atoms with Gasteiger partial charge >= 0.3 is 6.18 Å². The number of carbonyl (C=O) groups is 1. The van der Waals surface area contributed by atoms with Crippen molar-refractivity contribution in [2.24, 2.45) is 4.99 Å². The van der Waals surface area contributed by atoms with Crippen molar-refractivity contribution in [1.29, 1.82) is 0 Å². The van der Waals surface area contributed by atoms with E-state index in [4.69, 9.17) is 0 Å². The fourth-order valence-electron chi connectivity index (χ4n) is 2.90. The largest absolute Gasteiger partial charge is 0.416 e. The lowest BCUT2D eigenvalue weighted by Crippen LogP contribution is -2.38. The van der Waals surface area contributed by atoms with E-state index in [-0.39, 0.29) is 18.0 Å². The highest BCUT2D eigenvalue weighted by atomic mass is 19.4. The highest BCUT2D eigenvalue weighted by Gasteiger charge is 2.33. The Balaban J connectivity index is 2.05. The number of hydrogen-bond acceptors (Lipinski definition) is 2. The van der Waals surface area contributed by atoms with Gasteiger partial charge in [-0.3, -0.25) is 4.79 Å². The molecule has 2 aromatic rings. The lowest BCUT2D eigenvalue weighted by Gasteiger charge is -2.14. The molecule has 0 aliphatic rings. The lowest BCUT2D eigenvalue weighted by atomic mass is 10.1. The molecule has 0 fully saturated rings. The zero-order valence-corrected chi connectivity index (χ0v) is 17.7. The molecule has 0 saturated carbocycles. The van der Waals surface area contributed by atoms with Gasteiger partial charge in [-0.1, -0.05) is 18.2 Å². The summed E-state index contributed by atoms with van der Waals surface area (Å²) in [5.74, 6) is -0.690. The molecule has 0 aromatic heterocycles. The van der Waals surface area contributed by atoms with Crippen molar-refractivity contribution in [2.45, 2.75) is 26.1 Å². The first-order chi connectivity index (χ1) is 14.6. The van der Waals surface area contributed by atoms with Gasteiger partial charge in [0.05, 0.1) is 12.1 Å². The zero-order chi connectivity index (χ0) is 23.0. The number of benzene rings is 2. The van der Waals surface area contributed by atoms with Gasteiger partial charge in [-0.15, -0.1) is 0 Å². The molecular formula is C22H26F4N4O. The van der Waals surface area contributed by atoms with Gasteiger partial charge in [0.15, 0.2) is 5.96 Å². The predicted molar refractivity (Wildman–Crippen MR) is 112 cm³/mol. The quantitative estimate of drug-likeness (QED) is 0.392. The van der Waals surface area contributed by atoms with Crippen molar-refractivity contribution in [3.63, 3.8) is 0 Å². The number of carbonyl (C=O) groups excluding carboxylic acids is 1. The molecule has 1 amide bonds. The van der Waals surface area contributed by atoms with E-state index in [0.29, 0.717) is 37.1 Å². The summed E-state index contributed by atoms with van der Waals surface area (Å²) in [6.45, 7) is 2.57. The number of amides is 1. The standard InChI is InChI=1S/C22H26F4N4O/c1-4-27-21(29-14-17-8-9-18(23)13-19(17)22(24,25)26)28-11-10-15-6-5-7-16(12-15)20(31)30(2)3/h5-9,12-13H,4,10-11,14H2,1-3H3,(H2,27,28,29). The Bertz CT molecular complexity index is 926. The van der Waals surface area contributed by atoms with E-state index < -0.39 is 17.6 Å². The maximum Gasteiger partial charge on any atom is 0.416 e. The summed E-state index contributed by atoms with van der Waals surface area (Å²) in [5, 5.41) is 6.04. The summed E-state index contributed by atoms with van der Waals surface area (Å²) < 4.78 is 52.7. The molecule has 9 heteroatoms. The average molecular weight is 438 g/mol. The highest BCUT2D eigenvalue weighted by molar-refractivity contribution is 5.94. The summed E-state index contributed by atoms with van der Waals surface area (Å²) in [7, 11) is 3.36. The van der Waals surface area contributed by atoms with Gasteiger partial charge in [-0.25, -0.2) is 9.38 Å². The molecule has 2 N–H and O–H groups in total. The molecule has 2 rings (SSSR count). The Morgan fingerprint density at radius 1 is 1.10 bits per heavy atom. The first kappa shape index (κ1) is 24.2. The molecule has 31 heavy (non-hydrogen) atoms. The van der Waals surface area contributed by atoms with Crippen molar-refractivity contribution in [3.05, 3.63) is 70.5 Å². The Kier molecular flexibility index (Phi) is 8.41. The highest BCUT2D eigenvalue weighted by Crippen LogP contribution is 2.32. The Morgan fingerprint density at radius 2 is 1.84 bits per heavy atom. The topological polar surface area (TPSA) is 56.7 Å². The van der Waals surface area contributed by atoms with Crippen LogP contribution >= 0.6 is 0 Å². The van der Waals surface area contributed by atoms with E-state index in [9.17, 15) is 22.4 Å². The monoisotopic (exact) mass is 438 g/mol. The van der Waals surface area contributed by atoms with E-state index >= 15 is 0 Å². The van der Waals surface area contributed by atoms with E-state index in [1.54, 1.807) is 26.2 Å². The van der Waals surface area contributed by atoms with Crippen LogP contribution in [-0.4, -0.2) is 44.0 Å². The number of guanidine groups is 1. The molecule has 2 aromatic carbocycles. The third-order valence-corrected chi connectivity index (χ3v) is 4.42. The van der Waals surface area contributed by atoms with E-state index in [0.717, 1.165) is 17.7 Å². The van der Waals surface area contributed by atoms with Crippen molar-refractivity contribution < 1.29 is 22.4 Å². The lowest BCUT2D eigenvalue weighted by molar-refractivity contribution is -0.138. The van der Waals surface area contributed by atoms with Gasteiger partial charge < -0.3 is 15.5 Å². The number of alkyl halides is 3. The van der Waals surface area contributed by atoms with Gasteiger partial charge in [-0.2, -0.15) is 13.2 Å². The molecule has 0 heterocycles. The molecule has 0 aliphatic heterocycles. The van der Waals surface area contributed by atoms with Gasteiger partial charge in [0, 0.05) is 32.7 Å². The number of nitrogens with zero attached hydrogens (tertiary/aromatic N) is 2. The van der Waals surface area contributed by atoms with Crippen LogP contribution in [0.1, 0.15) is 34.0 Å². The number of halogens is 4. The molecule has 0 spiro atoms. The van der Waals surface area contributed by atoms with Gasteiger partial charge in [0.2, 0.25) is 0 Å². The molecule has 0 atom stereocenters. The van der Waals surface area contributed by atoms with E-state index in [1.807, 2.05) is 19.1 Å². The number of hydrogen-bond donors (Lipinski definition) is 2. The Hall–Kier alpha value is -3.10. The predicted octanol–water partition coefficient (Wildman–Crippen LogP) is 3.84. The first-order valence-corrected chi connectivity index (χ1v) is 9.80. The SMILES string of the molecule is CCNC(=NCc1ccc(F)cc1C(F)(F)F)NCCc1cccc(C(=O)N(C)C)c1. The summed E-state index contributed by atoms with van der Waals surface area (Å²) in [5.41, 5.74) is 0.378. The molecular weight excluding hydrogens is 412 g/mol. The maximum absolute atomic E-state index is 13.3. The minimum absolute atomic E-state index is 0.0931. The number of rotatable bonds is 7. The molecule has 0 saturated heterocycles. The average Bonchev–Trinajstić information content (AvgIpc) is 2.71. The van der Waals surface area contributed by atoms with Crippen molar-refractivity contribution in [2.75, 3.05) is 27.2 Å². The minimum atomic E-state index is -4.66. The second-order valence-corrected chi connectivity index (χ2v) is 7.07. The van der Waals surface area contributed by atoms with Gasteiger partial charge in [0.25, 0.3) is 5.91 Å². The molecule has 0 aliphatic carbocycles. The van der Waals surface area contributed by atoms with Crippen molar-refractivity contribution >= 4 is 11.9 Å². The van der Waals surface area contributed by atoms with E-state index in [2.05, 4.69) is 15.6 Å². The van der Waals surface area contributed by atoms with Crippen molar-refractivity contribution in [3.8, 4) is 0 Å². The maximum atomic E-state index is 13.3.